The first kappa shape index (κ1) is 12.1. The fourth-order valence-corrected chi connectivity index (χ4v) is 1.59. The molecule has 0 spiro atoms. The molecule has 1 heterocycles. The van der Waals surface area contributed by atoms with Crippen molar-refractivity contribution < 1.29 is 18.3 Å². The number of nitrogens with zero attached hydrogens (tertiary/aromatic N) is 2. The van der Waals surface area contributed by atoms with Crippen LogP contribution < -0.4 is 5.32 Å². The molecule has 0 aliphatic heterocycles. The molecule has 0 amide bonds. The minimum Gasteiger partial charge on any atom is -0.388 e. The molecule has 0 atom stereocenters. The molecular weight excluding hydrogens is 235 g/mol. The summed E-state index contributed by atoms with van der Waals surface area (Å²) in [6, 6.07) is 2.07. The van der Waals surface area contributed by atoms with E-state index in [1.807, 2.05) is 0 Å². The standard InChI is InChI=1S/C10H12F3N3O/c11-10(12,13)7-2-3-8(16-15-7)14-6-9(17)4-1-5-9/h2-3,17H,1,4-6H2,(H,14,16). The van der Waals surface area contributed by atoms with E-state index >= 15 is 0 Å². The molecule has 1 aromatic heterocycles. The van der Waals surface area contributed by atoms with Crippen molar-refractivity contribution >= 4 is 5.82 Å². The third-order valence-corrected chi connectivity index (χ3v) is 2.84. The second kappa shape index (κ2) is 4.14. The minimum absolute atomic E-state index is 0.235. The van der Waals surface area contributed by atoms with Gasteiger partial charge in [0.25, 0.3) is 0 Å². The second-order valence-electron chi connectivity index (χ2n) is 4.23. The van der Waals surface area contributed by atoms with Gasteiger partial charge in [-0.15, -0.1) is 10.2 Å². The molecule has 2 rings (SSSR count). The lowest BCUT2D eigenvalue weighted by Crippen LogP contribution is -2.43. The number of nitrogens with one attached hydrogen (secondary N) is 1. The average molecular weight is 247 g/mol. The Hall–Kier alpha value is -1.37. The van der Waals surface area contributed by atoms with Crippen LogP contribution in [0.4, 0.5) is 19.0 Å². The van der Waals surface area contributed by atoms with Gasteiger partial charge in [0, 0.05) is 6.54 Å². The Kier molecular flexibility index (Phi) is 2.94. The highest BCUT2D eigenvalue weighted by atomic mass is 19.4. The highest BCUT2D eigenvalue weighted by Gasteiger charge is 2.35. The molecular formula is C10H12F3N3O. The zero-order valence-corrected chi connectivity index (χ0v) is 8.96. The Morgan fingerprint density at radius 1 is 1.29 bits per heavy atom. The lowest BCUT2D eigenvalue weighted by molar-refractivity contribution is -0.141. The Labute approximate surface area is 95.9 Å². The first-order valence-corrected chi connectivity index (χ1v) is 5.26. The summed E-state index contributed by atoms with van der Waals surface area (Å²) in [6.07, 6.45) is -2.10. The maximum Gasteiger partial charge on any atom is 0.435 e. The number of halogens is 3. The molecule has 0 aromatic carbocycles. The van der Waals surface area contributed by atoms with Crippen molar-refractivity contribution in [2.45, 2.75) is 31.0 Å². The first-order chi connectivity index (χ1) is 7.89. The van der Waals surface area contributed by atoms with Gasteiger partial charge in [0.05, 0.1) is 5.60 Å². The fourth-order valence-electron chi connectivity index (χ4n) is 1.59. The summed E-state index contributed by atoms with van der Waals surface area (Å²) in [5.41, 5.74) is -1.77. The topological polar surface area (TPSA) is 58.0 Å². The number of anilines is 1. The summed E-state index contributed by atoms with van der Waals surface area (Å²) in [7, 11) is 0. The van der Waals surface area contributed by atoms with Crippen molar-refractivity contribution in [2.75, 3.05) is 11.9 Å². The van der Waals surface area contributed by atoms with Crippen LogP contribution in [0.2, 0.25) is 0 Å². The number of alkyl halides is 3. The van der Waals surface area contributed by atoms with Crippen LogP contribution in [0.5, 0.6) is 0 Å². The predicted octanol–water partition coefficient (Wildman–Crippen LogP) is 1.82. The molecule has 1 aliphatic rings. The van der Waals surface area contributed by atoms with E-state index in [9.17, 15) is 18.3 Å². The third-order valence-electron chi connectivity index (χ3n) is 2.84. The first-order valence-electron chi connectivity index (χ1n) is 5.26. The van der Waals surface area contributed by atoms with Gasteiger partial charge in [-0.3, -0.25) is 0 Å². The molecule has 0 unspecified atom stereocenters. The summed E-state index contributed by atoms with van der Waals surface area (Å²) in [5.74, 6) is 0.235. The van der Waals surface area contributed by atoms with Gasteiger partial charge < -0.3 is 10.4 Å². The lowest BCUT2D eigenvalue weighted by atomic mass is 9.80. The quantitative estimate of drug-likeness (QED) is 0.855. The van der Waals surface area contributed by atoms with Crippen molar-refractivity contribution in [3.8, 4) is 0 Å². The van der Waals surface area contributed by atoms with Crippen LogP contribution in [0.3, 0.4) is 0 Å². The van der Waals surface area contributed by atoms with Crippen LogP contribution >= 0.6 is 0 Å². The van der Waals surface area contributed by atoms with Gasteiger partial charge >= 0.3 is 6.18 Å². The summed E-state index contributed by atoms with van der Waals surface area (Å²) < 4.78 is 36.6. The molecule has 0 saturated heterocycles. The second-order valence-corrected chi connectivity index (χ2v) is 4.23. The molecule has 1 aliphatic carbocycles. The van der Waals surface area contributed by atoms with Crippen LogP contribution in [-0.2, 0) is 6.18 Å². The number of hydrogen-bond acceptors (Lipinski definition) is 4. The molecule has 1 aromatic rings. The van der Waals surface area contributed by atoms with Crippen LogP contribution in [-0.4, -0.2) is 27.4 Å². The molecule has 17 heavy (non-hydrogen) atoms. The van der Waals surface area contributed by atoms with Crippen molar-refractivity contribution in [1.29, 1.82) is 0 Å². The van der Waals surface area contributed by atoms with Gasteiger partial charge in [-0.05, 0) is 31.4 Å². The molecule has 7 heteroatoms. The Morgan fingerprint density at radius 3 is 2.41 bits per heavy atom. The third kappa shape index (κ3) is 2.85. The summed E-state index contributed by atoms with van der Waals surface area (Å²) >= 11 is 0. The summed E-state index contributed by atoms with van der Waals surface area (Å²) in [5, 5.41) is 19.0. The van der Waals surface area contributed by atoms with E-state index in [-0.39, 0.29) is 12.4 Å². The van der Waals surface area contributed by atoms with Crippen molar-refractivity contribution in [1.82, 2.24) is 10.2 Å². The molecule has 94 valence electrons. The van der Waals surface area contributed by atoms with E-state index < -0.39 is 17.5 Å². The van der Waals surface area contributed by atoms with Crippen LogP contribution in [0, 0.1) is 0 Å². The summed E-state index contributed by atoms with van der Waals surface area (Å²) in [6.45, 7) is 0.285. The monoisotopic (exact) mass is 247 g/mol. The van der Waals surface area contributed by atoms with Crippen molar-refractivity contribution in [3.63, 3.8) is 0 Å². The Bertz CT molecular complexity index is 387. The van der Waals surface area contributed by atoms with Gasteiger partial charge in [0.1, 0.15) is 5.82 Å². The number of hydrogen-bond donors (Lipinski definition) is 2. The molecule has 2 N–H and O–H groups in total. The molecule has 1 saturated carbocycles. The smallest absolute Gasteiger partial charge is 0.388 e. The lowest BCUT2D eigenvalue weighted by Gasteiger charge is -2.36. The van der Waals surface area contributed by atoms with Crippen molar-refractivity contribution in [2.24, 2.45) is 0 Å². The molecule has 0 bridgehead atoms. The van der Waals surface area contributed by atoms with Crippen LogP contribution in [0.15, 0.2) is 12.1 Å². The maximum absolute atomic E-state index is 12.2. The maximum atomic E-state index is 12.2. The highest BCUT2D eigenvalue weighted by Crippen LogP contribution is 2.31. The molecule has 0 radical (unpaired) electrons. The zero-order chi connectivity index (χ0) is 12.5. The normalized spacial score (nSPS) is 18.6. The zero-order valence-electron chi connectivity index (χ0n) is 8.96. The van der Waals surface area contributed by atoms with Crippen LogP contribution in [0.1, 0.15) is 25.0 Å². The average Bonchev–Trinajstić information content (AvgIpc) is 2.23. The number of aromatic nitrogens is 2. The van der Waals surface area contributed by atoms with E-state index in [1.54, 1.807) is 0 Å². The highest BCUT2D eigenvalue weighted by molar-refractivity contribution is 5.34. The van der Waals surface area contributed by atoms with Gasteiger partial charge in [-0.1, -0.05) is 0 Å². The van der Waals surface area contributed by atoms with E-state index in [0.717, 1.165) is 12.5 Å². The van der Waals surface area contributed by atoms with E-state index in [4.69, 9.17) is 0 Å². The van der Waals surface area contributed by atoms with Gasteiger partial charge in [-0.2, -0.15) is 13.2 Å². The molecule has 4 nitrogen and oxygen atoms in total. The van der Waals surface area contributed by atoms with Gasteiger partial charge in [-0.25, -0.2) is 0 Å². The van der Waals surface area contributed by atoms with E-state index in [0.29, 0.717) is 12.8 Å². The number of aliphatic hydroxyl groups is 1. The summed E-state index contributed by atoms with van der Waals surface area (Å²) in [4.78, 5) is 0. The van der Waals surface area contributed by atoms with E-state index in [1.165, 1.54) is 6.07 Å². The fraction of sp³-hybridized carbons (Fsp3) is 0.600. The number of rotatable bonds is 3. The van der Waals surface area contributed by atoms with Gasteiger partial charge in [0.2, 0.25) is 0 Å². The van der Waals surface area contributed by atoms with E-state index in [2.05, 4.69) is 15.5 Å². The minimum atomic E-state index is -4.47. The Morgan fingerprint density at radius 2 is 2.00 bits per heavy atom. The predicted molar refractivity (Wildman–Crippen MR) is 54.3 cm³/mol. The van der Waals surface area contributed by atoms with Crippen LogP contribution in [0.25, 0.3) is 0 Å². The van der Waals surface area contributed by atoms with Gasteiger partial charge in [0.15, 0.2) is 5.69 Å². The molecule has 1 fully saturated rings. The largest absolute Gasteiger partial charge is 0.435 e. The van der Waals surface area contributed by atoms with Crippen molar-refractivity contribution in [3.05, 3.63) is 17.8 Å². The SMILES string of the molecule is OC1(CNc2ccc(C(F)(F)F)nn2)CCC1. The Balaban J connectivity index is 1.94.